The molecule has 1 saturated heterocycles. The van der Waals surface area contributed by atoms with E-state index in [1.165, 1.54) is 17.7 Å². The van der Waals surface area contributed by atoms with Crippen LogP contribution in [0.2, 0.25) is 0 Å². The first-order valence-corrected chi connectivity index (χ1v) is 9.20. The van der Waals surface area contributed by atoms with Crippen molar-refractivity contribution in [3.05, 3.63) is 47.8 Å². The molecule has 2 aromatic rings. The molecular weight excluding hydrogens is 477 g/mol. The number of aliphatic imine (C=N–C) groups is 1. The molecule has 154 valence electrons. The maximum Gasteiger partial charge on any atom is 0.193 e. The number of aromatic nitrogens is 2. The average molecular weight is 504 g/mol. The van der Waals surface area contributed by atoms with Crippen molar-refractivity contribution in [2.45, 2.75) is 12.8 Å². The molecule has 6 nitrogen and oxygen atoms in total. The van der Waals surface area contributed by atoms with Gasteiger partial charge in [-0.05, 0) is 30.5 Å². The summed E-state index contributed by atoms with van der Waals surface area (Å²) in [5.74, 6) is 0.0447. The Hall–Kier alpha value is -1.91. The van der Waals surface area contributed by atoms with Gasteiger partial charge >= 0.3 is 0 Å². The number of piperazine rings is 1. The number of anilines is 1. The van der Waals surface area contributed by atoms with E-state index in [4.69, 9.17) is 0 Å². The van der Waals surface area contributed by atoms with Crippen molar-refractivity contribution in [3.63, 3.8) is 0 Å². The molecule has 0 spiro atoms. The zero-order valence-corrected chi connectivity index (χ0v) is 18.6. The first-order chi connectivity index (χ1) is 13.1. The summed E-state index contributed by atoms with van der Waals surface area (Å²) in [4.78, 5) is 8.38. The predicted octanol–water partition coefficient (Wildman–Crippen LogP) is 2.65. The molecule has 1 aromatic carbocycles. The number of benzene rings is 1. The van der Waals surface area contributed by atoms with Crippen molar-refractivity contribution in [1.82, 2.24) is 20.0 Å². The van der Waals surface area contributed by atoms with Crippen LogP contribution in [0.3, 0.4) is 0 Å². The number of hydrogen-bond acceptors (Lipinski definition) is 3. The van der Waals surface area contributed by atoms with E-state index in [1.807, 2.05) is 29.0 Å². The highest BCUT2D eigenvalue weighted by Gasteiger charge is 2.21. The van der Waals surface area contributed by atoms with Gasteiger partial charge in [0, 0.05) is 59.1 Å². The molecule has 1 N–H and O–H groups in total. The summed E-state index contributed by atoms with van der Waals surface area (Å²) in [7, 11) is 3.68. The third-order valence-electron chi connectivity index (χ3n) is 4.72. The lowest BCUT2D eigenvalue weighted by molar-refractivity contribution is 0.370. The Balaban J connectivity index is 0.00000280. The van der Waals surface area contributed by atoms with Crippen molar-refractivity contribution in [1.29, 1.82) is 0 Å². The fourth-order valence-corrected chi connectivity index (χ4v) is 3.31. The van der Waals surface area contributed by atoms with Gasteiger partial charge in [-0.3, -0.25) is 9.67 Å². The fourth-order valence-electron chi connectivity index (χ4n) is 3.31. The van der Waals surface area contributed by atoms with Crippen LogP contribution in [-0.2, 0) is 13.5 Å². The van der Waals surface area contributed by atoms with E-state index >= 15 is 0 Å². The van der Waals surface area contributed by atoms with Gasteiger partial charge < -0.3 is 15.1 Å². The summed E-state index contributed by atoms with van der Waals surface area (Å²) in [6.07, 6.45) is 5.86. The van der Waals surface area contributed by atoms with Gasteiger partial charge in [-0.2, -0.15) is 5.10 Å². The number of hydrogen-bond donors (Lipinski definition) is 1. The highest BCUT2D eigenvalue weighted by molar-refractivity contribution is 14.0. The van der Waals surface area contributed by atoms with Gasteiger partial charge in [0.2, 0.25) is 0 Å². The van der Waals surface area contributed by atoms with Crippen LogP contribution in [0.25, 0.3) is 0 Å². The van der Waals surface area contributed by atoms with Crippen molar-refractivity contribution in [2.24, 2.45) is 12.0 Å². The monoisotopic (exact) mass is 504 g/mol. The number of nitrogens with zero attached hydrogens (tertiary/aromatic N) is 5. The maximum absolute atomic E-state index is 14.0. The molecular formula is C19H27F2IN6. The Kier molecular flexibility index (Phi) is 8.46. The topological polar surface area (TPSA) is 48.7 Å². The summed E-state index contributed by atoms with van der Waals surface area (Å²) in [5, 5.41) is 7.56. The van der Waals surface area contributed by atoms with Gasteiger partial charge in [0.15, 0.2) is 5.96 Å². The SMILES string of the molecule is CN=C(NCCCc1cnn(C)c1)N1CCN(c2cc(F)ccc2F)CC1.I. The van der Waals surface area contributed by atoms with Crippen LogP contribution in [0.5, 0.6) is 0 Å². The second-order valence-electron chi connectivity index (χ2n) is 6.67. The largest absolute Gasteiger partial charge is 0.366 e. The normalized spacial score (nSPS) is 14.8. The van der Waals surface area contributed by atoms with E-state index in [-0.39, 0.29) is 29.8 Å². The summed E-state index contributed by atoms with van der Waals surface area (Å²) >= 11 is 0. The van der Waals surface area contributed by atoms with Crippen molar-refractivity contribution < 1.29 is 8.78 Å². The van der Waals surface area contributed by atoms with Crippen LogP contribution in [0.15, 0.2) is 35.6 Å². The second-order valence-corrected chi connectivity index (χ2v) is 6.67. The maximum atomic E-state index is 14.0. The average Bonchev–Trinajstić information content (AvgIpc) is 3.09. The van der Waals surface area contributed by atoms with Crippen LogP contribution in [-0.4, -0.2) is 60.4 Å². The molecule has 0 aliphatic carbocycles. The van der Waals surface area contributed by atoms with Crippen LogP contribution in [0, 0.1) is 11.6 Å². The molecule has 28 heavy (non-hydrogen) atoms. The number of nitrogens with one attached hydrogen (secondary N) is 1. The quantitative estimate of drug-likeness (QED) is 0.295. The minimum absolute atomic E-state index is 0. The van der Waals surface area contributed by atoms with Crippen LogP contribution >= 0.6 is 24.0 Å². The van der Waals surface area contributed by atoms with Gasteiger partial charge in [0.25, 0.3) is 0 Å². The van der Waals surface area contributed by atoms with Crippen molar-refractivity contribution in [2.75, 3.05) is 44.7 Å². The number of rotatable bonds is 5. The van der Waals surface area contributed by atoms with E-state index in [0.29, 0.717) is 31.9 Å². The third-order valence-corrected chi connectivity index (χ3v) is 4.72. The summed E-state index contributed by atoms with van der Waals surface area (Å²) in [5.41, 5.74) is 1.55. The molecule has 0 atom stereocenters. The van der Waals surface area contributed by atoms with E-state index in [2.05, 4.69) is 20.3 Å². The van der Waals surface area contributed by atoms with Crippen LogP contribution in [0.1, 0.15) is 12.0 Å². The molecule has 1 aliphatic rings. The van der Waals surface area contributed by atoms with Gasteiger partial charge in [0.05, 0.1) is 11.9 Å². The first kappa shape index (κ1) is 22.4. The summed E-state index contributed by atoms with van der Waals surface area (Å²) in [6, 6.07) is 3.59. The van der Waals surface area contributed by atoms with Gasteiger partial charge in [0.1, 0.15) is 11.6 Å². The van der Waals surface area contributed by atoms with Crippen LogP contribution in [0.4, 0.5) is 14.5 Å². The van der Waals surface area contributed by atoms with Crippen molar-refractivity contribution in [3.8, 4) is 0 Å². The van der Waals surface area contributed by atoms with Gasteiger partial charge in [-0.15, -0.1) is 24.0 Å². The summed E-state index contributed by atoms with van der Waals surface area (Å²) in [6.45, 7) is 3.48. The van der Waals surface area contributed by atoms with Crippen LogP contribution < -0.4 is 10.2 Å². The molecule has 1 fully saturated rings. The van der Waals surface area contributed by atoms with E-state index < -0.39 is 5.82 Å². The molecule has 3 rings (SSSR count). The Morgan fingerprint density at radius 3 is 2.61 bits per heavy atom. The molecule has 2 heterocycles. The second kappa shape index (κ2) is 10.6. The zero-order chi connectivity index (χ0) is 19.2. The predicted molar refractivity (Wildman–Crippen MR) is 118 cm³/mol. The van der Waals surface area contributed by atoms with Gasteiger partial charge in [-0.25, -0.2) is 8.78 Å². The molecule has 0 radical (unpaired) electrons. The van der Waals surface area contributed by atoms with E-state index in [0.717, 1.165) is 31.4 Å². The minimum Gasteiger partial charge on any atom is -0.366 e. The lowest BCUT2D eigenvalue weighted by atomic mass is 10.2. The van der Waals surface area contributed by atoms with E-state index in [9.17, 15) is 8.78 Å². The minimum atomic E-state index is -0.417. The smallest absolute Gasteiger partial charge is 0.193 e. The molecule has 9 heteroatoms. The van der Waals surface area contributed by atoms with Crippen molar-refractivity contribution >= 4 is 35.6 Å². The Labute approximate surface area is 181 Å². The molecule has 0 amide bonds. The fraction of sp³-hybridized carbons (Fsp3) is 0.474. The highest BCUT2D eigenvalue weighted by Crippen LogP contribution is 2.21. The summed E-state index contributed by atoms with van der Waals surface area (Å²) < 4.78 is 29.2. The Bertz CT molecular complexity index is 786. The lowest BCUT2D eigenvalue weighted by Crippen LogP contribution is -2.52. The zero-order valence-electron chi connectivity index (χ0n) is 16.2. The molecule has 0 bridgehead atoms. The number of guanidine groups is 1. The first-order valence-electron chi connectivity index (χ1n) is 9.20. The third kappa shape index (κ3) is 5.79. The molecule has 0 unspecified atom stereocenters. The number of aryl methyl sites for hydroxylation is 2. The molecule has 1 aromatic heterocycles. The lowest BCUT2D eigenvalue weighted by Gasteiger charge is -2.37. The highest BCUT2D eigenvalue weighted by atomic mass is 127. The standard InChI is InChI=1S/C19H26F2N6.HI/c1-22-19(23-7-3-4-15-13-24-25(2)14-15)27-10-8-26(9-11-27)18-12-16(20)5-6-17(18)21;/h5-6,12-14H,3-4,7-11H2,1-2H3,(H,22,23);1H. The molecule has 0 saturated carbocycles. The Morgan fingerprint density at radius 2 is 1.96 bits per heavy atom. The van der Waals surface area contributed by atoms with Gasteiger partial charge in [-0.1, -0.05) is 0 Å². The van der Waals surface area contributed by atoms with E-state index in [1.54, 1.807) is 7.05 Å². The molecule has 1 aliphatic heterocycles. The Morgan fingerprint density at radius 1 is 1.21 bits per heavy atom. The number of halogens is 3.